The third-order valence-corrected chi connectivity index (χ3v) is 11.4. The van der Waals surface area contributed by atoms with Crippen LogP contribution in [0, 0.1) is 11.8 Å². The van der Waals surface area contributed by atoms with Crippen molar-refractivity contribution < 1.29 is 33.8 Å². The third kappa shape index (κ3) is 7.14. The van der Waals surface area contributed by atoms with Crippen molar-refractivity contribution in [3.05, 3.63) is 61.2 Å². The molecule has 1 aliphatic carbocycles. The molecule has 2 N–H and O–H groups in total. The molecule has 4 aliphatic rings. The predicted octanol–water partition coefficient (Wildman–Crippen LogP) is 4.61. The van der Waals surface area contributed by atoms with Gasteiger partial charge in [0.05, 0.1) is 24.0 Å². The highest BCUT2D eigenvalue weighted by atomic mass is 79.9. The number of nitrogens with one attached hydrogen (secondary N) is 1. The summed E-state index contributed by atoms with van der Waals surface area (Å²) < 4.78 is 13.0. The third-order valence-electron chi connectivity index (χ3n) is 10.5. The van der Waals surface area contributed by atoms with Gasteiger partial charge < -0.3 is 29.7 Å². The molecule has 262 valence electrons. The summed E-state index contributed by atoms with van der Waals surface area (Å²) >= 11 is 3.76. The van der Waals surface area contributed by atoms with E-state index in [0.29, 0.717) is 37.8 Å². The Balaban J connectivity index is 1.47. The molecule has 1 saturated carbocycles. The number of ether oxygens (including phenoxy) is 2. The Labute approximate surface area is 292 Å². The fourth-order valence-corrected chi connectivity index (χ4v) is 9.30. The number of alkyl halides is 1. The van der Waals surface area contributed by atoms with Gasteiger partial charge in [-0.3, -0.25) is 19.2 Å². The summed E-state index contributed by atoms with van der Waals surface area (Å²) in [6.45, 7) is 10.0. The van der Waals surface area contributed by atoms with Gasteiger partial charge in [0.15, 0.2) is 0 Å². The quantitative estimate of drug-likeness (QED) is 0.110. The molecular formula is C37H50BrN3O7. The van der Waals surface area contributed by atoms with Crippen molar-refractivity contribution in [3.63, 3.8) is 0 Å². The van der Waals surface area contributed by atoms with Crippen molar-refractivity contribution in [2.45, 2.75) is 112 Å². The van der Waals surface area contributed by atoms with Gasteiger partial charge in [0.1, 0.15) is 17.7 Å². The first-order chi connectivity index (χ1) is 23.2. The number of esters is 1. The zero-order valence-electron chi connectivity index (χ0n) is 27.9. The molecule has 11 heteroatoms. The number of nitrogens with zero attached hydrogens (tertiary/aromatic N) is 2. The SMILES string of the molecule is C=CCCC(=O)N[C@H](C)[C@@H](OC(=O)[C@@H]1[C@H]2O[C@@]3(CC2Br)[C@H](C(=O)N(CC=C)C2CCCCC2)N(CCCCO)C(=O)[C@@H]13)c1ccccc1. The number of carbonyl (C=O) groups excluding carboxylic acids is 4. The number of hydrogen-bond acceptors (Lipinski definition) is 7. The summed E-state index contributed by atoms with van der Waals surface area (Å²) in [5.74, 6) is -3.10. The van der Waals surface area contributed by atoms with Crippen LogP contribution >= 0.6 is 15.9 Å². The number of benzene rings is 1. The van der Waals surface area contributed by atoms with Gasteiger partial charge in [-0.2, -0.15) is 0 Å². The fraction of sp³-hybridized carbons (Fsp3) is 0.622. The maximum Gasteiger partial charge on any atom is 0.313 e. The average Bonchev–Trinajstić information content (AvgIpc) is 3.68. The van der Waals surface area contributed by atoms with E-state index in [9.17, 15) is 24.3 Å². The van der Waals surface area contributed by atoms with Crippen LogP contribution in [0.5, 0.6) is 0 Å². The number of halogens is 1. The van der Waals surface area contributed by atoms with E-state index in [-0.39, 0.29) is 48.2 Å². The Morgan fingerprint density at radius 2 is 1.90 bits per heavy atom. The molecule has 2 bridgehead atoms. The Morgan fingerprint density at radius 3 is 2.56 bits per heavy atom. The topological polar surface area (TPSA) is 125 Å². The Bertz CT molecular complexity index is 1340. The first kappa shape index (κ1) is 36.3. The first-order valence-electron chi connectivity index (χ1n) is 17.5. The second-order valence-electron chi connectivity index (χ2n) is 13.6. The number of unbranched alkanes of at least 4 members (excludes halogenated alkanes) is 1. The van der Waals surface area contributed by atoms with Crippen molar-refractivity contribution in [2.75, 3.05) is 19.7 Å². The van der Waals surface area contributed by atoms with E-state index >= 15 is 0 Å². The zero-order chi connectivity index (χ0) is 34.4. The zero-order valence-corrected chi connectivity index (χ0v) is 29.5. The van der Waals surface area contributed by atoms with Crippen molar-refractivity contribution in [2.24, 2.45) is 11.8 Å². The second-order valence-corrected chi connectivity index (χ2v) is 14.8. The normalized spacial score (nSPS) is 29.2. The highest BCUT2D eigenvalue weighted by Gasteiger charge is 2.77. The summed E-state index contributed by atoms with van der Waals surface area (Å²) in [5, 5.41) is 12.5. The molecule has 48 heavy (non-hydrogen) atoms. The minimum atomic E-state index is -1.21. The molecule has 8 atom stereocenters. The van der Waals surface area contributed by atoms with E-state index in [1.54, 1.807) is 24.0 Å². The summed E-state index contributed by atoms with van der Waals surface area (Å²) in [5.41, 5.74) is -0.503. The van der Waals surface area contributed by atoms with Gasteiger partial charge in [0, 0.05) is 37.0 Å². The van der Waals surface area contributed by atoms with Crippen LogP contribution in [-0.4, -0.2) is 93.0 Å². The molecule has 3 heterocycles. The van der Waals surface area contributed by atoms with Crippen molar-refractivity contribution in [1.82, 2.24) is 15.1 Å². The van der Waals surface area contributed by atoms with E-state index in [1.807, 2.05) is 35.2 Å². The number of aliphatic hydroxyl groups is 1. The number of likely N-dealkylation sites (tertiary alicyclic amines) is 1. The van der Waals surface area contributed by atoms with E-state index in [2.05, 4.69) is 34.4 Å². The number of carbonyl (C=O) groups is 4. The number of aliphatic hydroxyl groups excluding tert-OH is 1. The Morgan fingerprint density at radius 1 is 1.17 bits per heavy atom. The molecule has 0 radical (unpaired) electrons. The van der Waals surface area contributed by atoms with E-state index in [4.69, 9.17) is 9.47 Å². The van der Waals surface area contributed by atoms with Gasteiger partial charge in [0.25, 0.3) is 0 Å². The molecule has 3 saturated heterocycles. The summed E-state index contributed by atoms with van der Waals surface area (Å²) in [6.07, 6.45) is 9.08. The standard InChI is InChI=1S/C37H50BrN3O7/c1-4-6-19-28(43)39-24(3)31(25-15-9-7-10-16-25)47-36(46)29-30-34(44)41(21-13-14-22-42)33(37(30)23-27(38)32(29)48-37)35(45)40(20-5-2)26-17-11-8-12-18-26/h4-5,7,9-10,15-16,24,26-27,29-33,42H,1-2,6,8,11-14,17-23H2,3H3,(H,39,43)/t24-,27?,29+,30-,31-,32+,33+,37-/m1/s1. The average molecular weight is 729 g/mol. The maximum atomic E-state index is 14.7. The molecule has 4 fully saturated rings. The van der Waals surface area contributed by atoms with Crippen molar-refractivity contribution in [3.8, 4) is 0 Å². The molecule has 10 nitrogen and oxygen atoms in total. The lowest BCUT2D eigenvalue weighted by Gasteiger charge is -2.41. The predicted molar refractivity (Wildman–Crippen MR) is 185 cm³/mol. The van der Waals surface area contributed by atoms with Gasteiger partial charge in [0.2, 0.25) is 17.7 Å². The van der Waals surface area contributed by atoms with E-state index < -0.39 is 47.7 Å². The lowest BCUT2D eigenvalue weighted by atomic mass is 9.70. The van der Waals surface area contributed by atoms with Crippen LogP contribution in [-0.2, 0) is 28.7 Å². The number of amides is 3. The largest absolute Gasteiger partial charge is 0.455 e. The van der Waals surface area contributed by atoms with Gasteiger partial charge in [-0.05, 0) is 51.0 Å². The van der Waals surface area contributed by atoms with Crippen LogP contribution < -0.4 is 5.32 Å². The smallest absolute Gasteiger partial charge is 0.313 e. The number of allylic oxidation sites excluding steroid dienone is 1. The Hall–Kier alpha value is -3.02. The highest BCUT2D eigenvalue weighted by Crippen LogP contribution is 2.60. The summed E-state index contributed by atoms with van der Waals surface area (Å²) in [6, 6.07) is 7.80. The number of rotatable bonds is 16. The molecule has 5 rings (SSSR count). The van der Waals surface area contributed by atoms with Crippen LogP contribution in [0.25, 0.3) is 0 Å². The van der Waals surface area contributed by atoms with Gasteiger partial charge in [-0.1, -0.05) is 77.7 Å². The highest BCUT2D eigenvalue weighted by molar-refractivity contribution is 9.09. The van der Waals surface area contributed by atoms with Gasteiger partial charge >= 0.3 is 5.97 Å². The van der Waals surface area contributed by atoms with E-state index in [0.717, 1.165) is 32.1 Å². The summed E-state index contributed by atoms with van der Waals surface area (Å²) in [4.78, 5) is 59.5. The monoisotopic (exact) mass is 727 g/mol. The van der Waals surface area contributed by atoms with Crippen LogP contribution in [0.15, 0.2) is 55.6 Å². The molecule has 1 spiro atoms. The molecule has 0 aromatic heterocycles. The minimum Gasteiger partial charge on any atom is -0.455 e. The van der Waals surface area contributed by atoms with Crippen molar-refractivity contribution >= 4 is 39.6 Å². The molecule has 3 aliphatic heterocycles. The molecule has 3 amide bonds. The first-order valence-corrected chi connectivity index (χ1v) is 18.4. The number of fused-ring (bicyclic) bond motifs is 1. The maximum absolute atomic E-state index is 14.7. The lowest BCUT2D eigenvalue weighted by molar-refractivity contribution is -0.162. The summed E-state index contributed by atoms with van der Waals surface area (Å²) in [7, 11) is 0. The van der Waals surface area contributed by atoms with E-state index in [1.165, 1.54) is 0 Å². The second kappa shape index (κ2) is 16.1. The molecule has 1 aromatic rings. The number of hydrogen-bond donors (Lipinski definition) is 2. The van der Waals surface area contributed by atoms with Crippen LogP contribution in [0.3, 0.4) is 0 Å². The lowest BCUT2D eigenvalue weighted by Crippen LogP contribution is -2.58. The minimum absolute atomic E-state index is 0.0277. The molecule has 1 unspecified atom stereocenters. The van der Waals surface area contributed by atoms with Crippen LogP contribution in [0.2, 0.25) is 0 Å². The fourth-order valence-electron chi connectivity index (χ4n) is 8.36. The van der Waals surface area contributed by atoms with Crippen LogP contribution in [0.4, 0.5) is 0 Å². The molecular weight excluding hydrogens is 678 g/mol. The Kier molecular flexibility index (Phi) is 12.2. The van der Waals surface area contributed by atoms with Gasteiger partial charge in [-0.15, -0.1) is 13.2 Å². The van der Waals surface area contributed by atoms with Crippen LogP contribution in [0.1, 0.15) is 82.8 Å². The molecule has 1 aromatic carbocycles. The van der Waals surface area contributed by atoms with Gasteiger partial charge in [-0.25, -0.2) is 0 Å². The van der Waals surface area contributed by atoms with Crippen molar-refractivity contribution in [1.29, 1.82) is 0 Å².